The summed E-state index contributed by atoms with van der Waals surface area (Å²) in [7, 11) is -2.28. The molecular formula is C17H14FN3O6S. The summed E-state index contributed by atoms with van der Waals surface area (Å²) < 4.78 is 47.7. The molecule has 0 saturated heterocycles. The van der Waals surface area contributed by atoms with Crippen LogP contribution in [0.2, 0.25) is 0 Å². The number of anilines is 1. The van der Waals surface area contributed by atoms with E-state index in [0.29, 0.717) is 5.56 Å². The van der Waals surface area contributed by atoms with Crippen molar-refractivity contribution in [2.24, 2.45) is 5.73 Å². The highest BCUT2D eigenvalue weighted by Crippen LogP contribution is 2.34. The van der Waals surface area contributed by atoms with E-state index in [0.717, 1.165) is 22.7 Å². The number of carbonyl (C=O) groups excluding carboxylic acids is 2. The fourth-order valence-electron chi connectivity index (χ4n) is 2.46. The standard InChI is InChI=1S/C17H14FN3O6S/c1-21(28(2,24)25)12-8-7-11-13(16(22)27-17(19)23)14(26-15(11)20-12)9-3-5-10(18)6-4-9/h3-8H,1-2H3,(H2,19,23). The van der Waals surface area contributed by atoms with E-state index in [-0.39, 0.29) is 28.2 Å². The first kappa shape index (κ1) is 19.3. The molecule has 11 heteroatoms. The second-order valence-corrected chi connectivity index (χ2v) is 7.79. The van der Waals surface area contributed by atoms with Gasteiger partial charge in [0.25, 0.3) is 0 Å². The number of sulfonamides is 1. The highest BCUT2D eigenvalue weighted by atomic mass is 32.2. The predicted molar refractivity (Wildman–Crippen MR) is 97.6 cm³/mol. The number of esters is 1. The van der Waals surface area contributed by atoms with E-state index >= 15 is 0 Å². The quantitative estimate of drug-likeness (QED) is 0.518. The Morgan fingerprint density at radius 2 is 1.82 bits per heavy atom. The van der Waals surface area contributed by atoms with E-state index in [1.54, 1.807) is 0 Å². The zero-order chi connectivity index (χ0) is 20.6. The molecule has 0 unspecified atom stereocenters. The third-order valence-corrected chi connectivity index (χ3v) is 5.05. The van der Waals surface area contributed by atoms with Crippen LogP contribution in [0.25, 0.3) is 22.4 Å². The highest BCUT2D eigenvalue weighted by Gasteiger charge is 2.26. The lowest BCUT2D eigenvalue weighted by Gasteiger charge is -2.14. The molecule has 2 aromatic heterocycles. The molecule has 2 heterocycles. The number of hydrogen-bond acceptors (Lipinski definition) is 7. The van der Waals surface area contributed by atoms with Gasteiger partial charge < -0.3 is 14.9 Å². The van der Waals surface area contributed by atoms with Gasteiger partial charge in [-0.2, -0.15) is 4.98 Å². The Labute approximate surface area is 158 Å². The molecule has 0 saturated carbocycles. The number of carbonyl (C=O) groups is 2. The second kappa shape index (κ2) is 6.93. The fourth-order valence-corrected chi connectivity index (χ4v) is 2.91. The molecular weight excluding hydrogens is 393 g/mol. The van der Waals surface area contributed by atoms with E-state index in [4.69, 9.17) is 10.2 Å². The summed E-state index contributed by atoms with van der Waals surface area (Å²) in [5, 5.41) is 0.163. The number of hydrogen-bond donors (Lipinski definition) is 1. The Balaban J connectivity index is 2.23. The number of primary amides is 1. The smallest absolute Gasteiger partial charge is 0.412 e. The van der Waals surface area contributed by atoms with Crippen molar-refractivity contribution in [2.45, 2.75) is 0 Å². The van der Waals surface area contributed by atoms with Gasteiger partial charge in [-0.15, -0.1) is 0 Å². The van der Waals surface area contributed by atoms with E-state index in [2.05, 4.69) is 9.72 Å². The SMILES string of the molecule is CN(c1ccc2c(C(=O)OC(N)=O)c(-c3ccc(F)cc3)oc2n1)S(C)(=O)=O. The number of furan rings is 1. The van der Waals surface area contributed by atoms with Crippen molar-refractivity contribution in [3.05, 3.63) is 47.8 Å². The minimum Gasteiger partial charge on any atom is -0.437 e. The van der Waals surface area contributed by atoms with Crippen LogP contribution in [0, 0.1) is 5.82 Å². The number of halogens is 1. The Hall–Kier alpha value is -3.47. The molecule has 0 radical (unpaired) electrons. The molecule has 0 spiro atoms. The maximum absolute atomic E-state index is 13.2. The number of aromatic nitrogens is 1. The molecule has 0 aliphatic heterocycles. The molecule has 9 nitrogen and oxygen atoms in total. The van der Waals surface area contributed by atoms with E-state index < -0.39 is 27.9 Å². The first-order valence-corrected chi connectivity index (χ1v) is 9.57. The average molecular weight is 407 g/mol. The Kier molecular flexibility index (Phi) is 4.77. The number of nitrogens with two attached hydrogens (primary N) is 1. The minimum atomic E-state index is -3.58. The maximum atomic E-state index is 13.2. The molecule has 28 heavy (non-hydrogen) atoms. The van der Waals surface area contributed by atoms with E-state index in [9.17, 15) is 22.4 Å². The first-order valence-electron chi connectivity index (χ1n) is 7.73. The fraction of sp³-hybridized carbons (Fsp3) is 0.118. The molecule has 1 aromatic carbocycles. The van der Waals surface area contributed by atoms with Crippen LogP contribution in [0.4, 0.5) is 15.0 Å². The van der Waals surface area contributed by atoms with Crippen molar-refractivity contribution >= 4 is 39.0 Å². The van der Waals surface area contributed by atoms with Gasteiger partial charge in [-0.05, 0) is 36.4 Å². The molecule has 0 aliphatic rings. The first-order chi connectivity index (χ1) is 13.1. The van der Waals surface area contributed by atoms with Gasteiger partial charge in [-0.25, -0.2) is 22.4 Å². The van der Waals surface area contributed by atoms with Gasteiger partial charge >= 0.3 is 12.1 Å². The van der Waals surface area contributed by atoms with Crippen LogP contribution in [0.5, 0.6) is 0 Å². The van der Waals surface area contributed by atoms with E-state index in [1.807, 2.05) is 0 Å². The summed E-state index contributed by atoms with van der Waals surface area (Å²) in [5.74, 6) is -1.58. The maximum Gasteiger partial charge on any atom is 0.412 e. The summed E-state index contributed by atoms with van der Waals surface area (Å²) in [6.07, 6.45) is -0.313. The van der Waals surface area contributed by atoms with Gasteiger partial charge in [-0.3, -0.25) is 4.31 Å². The summed E-state index contributed by atoms with van der Waals surface area (Å²) in [6.45, 7) is 0. The number of ether oxygens (including phenoxy) is 1. The van der Waals surface area contributed by atoms with Crippen molar-refractivity contribution < 1.29 is 31.6 Å². The number of rotatable bonds is 4. The van der Waals surface area contributed by atoms with Gasteiger partial charge in [-0.1, -0.05) is 0 Å². The van der Waals surface area contributed by atoms with Crippen LogP contribution in [0.1, 0.15) is 10.4 Å². The Morgan fingerprint density at radius 3 is 2.39 bits per heavy atom. The molecule has 1 amide bonds. The van der Waals surface area contributed by atoms with Crippen molar-refractivity contribution in [3.63, 3.8) is 0 Å². The van der Waals surface area contributed by atoms with Gasteiger partial charge in [0.05, 0.1) is 11.6 Å². The topological polar surface area (TPSA) is 133 Å². The number of benzene rings is 1. The lowest BCUT2D eigenvalue weighted by atomic mass is 10.1. The van der Waals surface area contributed by atoms with Crippen LogP contribution in [0.3, 0.4) is 0 Å². The largest absolute Gasteiger partial charge is 0.437 e. The van der Waals surface area contributed by atoms with Gasteiger partial charge in [0, 0.05) is 12.6 Å². The molecule has 3 aromatic rings. The lowest BCUT2D eigenvalue weighted by molar-refractivity contribution is 0.0640. The van der Waals surface area contributed by atoms with Crippen molar-refractivity contribution in [2.75, 3.05) is 17.6 Å². The van der Waals surface area contributed by atoms with Crippen LogP contribution < -0.4 is 10.0 Å². The molecule has 0 fully saturated rings. The summed E-state index contributed by atoms with van der Waals surface area (Å²) in [4.78, 5) is 27.5. The lowest BCUT2D eigenvalue weighted by Crippen LogP contribution is -2.25. The van der Waals surface area contributed by atoms with Crippen LogP contribution >= 0.6 is 0 Å². The third-order valence-electron chi connectivity index (χ3n) is 3.86. The molecule has 2 N–H and O–H groups in total. The monoisotopic (exact) mass is 407 g/mol. The number of nitrogens with zero attached hydrogens (tertiary/aromatic N) is 2. The molecule has 0 bridgehead atoms. The number of fused-ring (bicyclic) bond motifs is 1. The predicted octanol–water partition coefficient (Wildman–Crippen LogP) is 2.27. The number of pyridine rings is 1. The Morgan fingerprint density at radius 1 is 1.18 bits per heavy atom. The van der Waals surface area contributed by atoms with Crippen LogP contribution in [-0.4, -0.2) is 38.8 Å². The van der Waals surface area contributed by atoms with Gasteiger partial charge in [0.2, 0.25) is 15.7 Å². The van der Waals surface area contributed by atoms with E-state index in [1.165, 1.54) is 31.3 Å². The molecule has 3 rings (SSSR count). The van der Waals surface area contributed by atoms with Gasteiger partial charge in [0.1, 0.15) is 17.2 Å². The minimum absolute atomic E-state index is 0.0343. The zero-order valence-electron chi connectivity index (χ0n) is 14.7. The van der Waals surface area contributed by atoms with Crippen LogP contribution in [-0.2, 0) is 14.8 Å². The second-order valence-electron chi connectivity index (χ2n) is 5.77. The zero-order valence-corrected chi connectivity index (χ0v) is 15.5. The highest BCUT2D eigenvalue weighted by molar-refractivity contribution is 7.92. The summed E-state index contributed by atoms with van der Waals surface area (Å²) in [5.41, 5.74) is 5.00. The van der Waals surface area contributed by atoms with Gasteiger partial charge in [0.15, 0.2) is 5.76 Å². The van der Waals surface area contributed by atoms with Crippen LogP contribution in [0.15, 0.2) is 40.8 Å². The summed E-state index contributed by atoms with van der Waals surface area (Å²) >= 11 is 0. The molecule has 0 atom stereocenters. The molecule has 0 aliphatic carbocycles. The normalized spacial score (nSPS) is 11.4. The van der Waals surface area contributed by atoms with Crippen molar-refractivity contribution in [3.8, 4) is 11.3 Å². The summed E-state index contributed by atoms with van der Waals surface area (Å²) in [6, 6.07) is 7.78. The average Bonchev–Trinajstić information content (AvgIpc) is 2.98. The Bertz CT molecular complexity index is 1190. The van der Waals surface area contributed by atoms with Crippen molar-refractivity contribution in [1.82, 2.24) is 4.98 Å². The number of amides is 1. The molecule has 146 valence electrons. The third kappa shape index (κ3) is 3.64. The van der Waals surface area contributed by atoms with Crippen molar-refractivity contribution in [1.29, 1.82) is 0 Å².